The van der Waals surface area contributed by atoms with E-state index in [1.807, 2.05) is 41.5 Å². The summed E-state index contributed by atoms with van der Waals surface area (Å²) in [6, 6.07) is 0. The molecule has 0 aliphatic carbocycles. The molecule has 0 heterocycles. The Hall–Kier alpha value is -0.180. The Labute approximate surface area is 135 Å². The van der Waals surface area contributed by atoms with Gasteiger partial charge in [0.15, 0.2) is 0 Å². The molecule has 8 heteroatoms. The van der Waals surface area contributed by atoms with Crippen LogP contribution in [0.25, 0.3) is 0 Å². The summed E-state index contributed by atoms with van der Waals surface area (Å²) in [7, 11) is -7.86. The van der Waals surface area contributed by atoms with Crippen molar-refractivity contribution in [2.24, 2.45) is 10.8 Å². The molecule has 6 nitrogen and oxygen atoms in total. The van der Waals surface area contributed by atoms with Gasteiger partial charge in [-0.05, 0) is 24.7 Å². The SMILES string of the molecule is CC(OS(=O)(=O)CCS(=O)(=O)OC(C)C(C)(C)C)C(C)(C)C. The molecule has 2 atom stereocenters. The summed E-state index contributed by atoms with van der Waals surface area (Å²) in [6.07, 6.45) is -1.09. The van der Waals surface area contributed by atoms with Gasteiger partial charge in [-0.25, -0.2) is 0 Å². The van der Waals surface area contributed by atoms with Crippen molar-refractivity contribution in [1.29, 1.82) is 0 Å². The first-order valence-electron chi connectivity index (χ1n) is 7.28. The molecule has 0 aromatic carbocycles. The van der Waals surface area contributed by atoms with Crippen LogP contribution in [0.5, 0.6) is 0 Å². The van der Waals surface area contributed by atoms with Crippen molar-refractivity contribution in [3.05, 3.63) is 0 Å². The molecule has 0 radical (unpaired) electrons. The lowest BCUT2D eigenvalue weighted by Gasteiger charge is -2.27. The molecule has 22 heavy (non-hydrogen) atoms. The zero-order valence-electron chi connectivity index (χ0n) is 14.8. The predicted octanol–water partition coefficient (Wildman–Crippen LogP) is 2.55. The van der Waals surface area contributed by atoms with Crippen LogP contribution in [0.1, 0.15) is 55.4 Å². The van der Waals surface area contributed by atoms with Gasteiger partial charge in [0.05, 0.1) is 23.7 Å². The van der Waals surface area contributed by atoms with Gasteiger partial charge in [-0.15, -0.1) is 0 Å². The van der Waals surface area contributed by atoms with Gasteiger partial charge in [0.25, 0.3) is 20.2 Å². The molecule has 0 aromatic rings. The average Bonchev–Trinajstić information content (AvgIpc) is 2.23. The molecule has 0 aromatic heterocycles. The van der Waals surface area contributed by atoms with E-state index in [4.69, 9.17) is 8.37 Å². The molecule has 0 saturated carbocycles. The highest BCUT2D eigenvalue weighted by atomic mass is 32.2. The zero-order chi connectivity index (χ0) is 18.0. The second-order valence-electron chi connectivity index (χ2n) is 7.73. The van der Waals surface area contributed by atoms with Gasteiger partial charge in [-0.1, -0.05) is 41.5 Å². The van der Waals surface area contributed by atoms with Gasteiger partial charge >= 0.3 is 0 Å². The third kappa shape index (κ3) is 8.45. The summed E-state index contributed by atoms with van der Waals surface area (Å²) in [5, 5.41) is 0. The fourth-order valence-corrected chi connectivity index (χ4v) is 4.31. The topological polar surface area (TPSA) is 86.7 Å². The lowest BCUT2D eigenvalue weighted by molar-refractivity contribution is 0.108. The van der Waals surface area contributed by atoms with Gasteiger partial charge in [0.2, 0.25) is 0 Å². The first kappa shape index (κ1) is 21.8. The van der Waals surface area contributed by atoms with Gasteiger partial charge in [0.1, 0.15) is 0 Å². The molecule has 0 N–H and O–H groups in total. The molecule has 0 aliphatic heterocycles. The predicted molar refractivity (Wildman–Crippen MR) is 87.6 cm³/mol. The normalized spacial score (nSPS) is 17.3. The number of rotatable bonds is 7. The van der Waals surface area contributed by atoms with Crippen molar-refractivity contribution >= 4 is 20.2 Å². The molecule has 0 fully saturated rings. The lowest BCUT2D eigenvalue weighted by Crippen LogP contribution is -2.33. The van der Waals surface area contributed by atoms with E-state index < -0.39 is 43.9 Å². The third-order valence-electron chi connectivity index (χ3n) is 3.60. The van der Waals surface area contributed by atoms with Crippen LogP contribution in [0, 0.1) is 10.8 Å². The molecule has 0 spiro atoms. The number of hydrogen-bond donors (Lipinski definition) is 0. The molecule has 0 rings (SSSR count). The Morgan fingerprint density at radius 3 is 1.09 bits per heavy atom. The summed E-state index contributed by atoms with van der Waals surface area (Å²) in [4.78, 5) is 0. The first-order chi connectivity index (χ1) is 9.46. The van der Waals surface area contributed by atoms with Crippen molar-refractivity contribution in [2.45, 2.75) is 67.6 Å². The quantitative estimate of drug-likeness (QED) is 0.650. The molecule has 0 bridgehead atoms. The highest BCUT2D eigenvalue weighted by Gasteiger charge is 2.30. The van der Waals surface area contributed by atoms with Crippen molar-refractivity contribution in [1.82, 2.24) is 0 Å². The van der Waals surface area contributed by atoms with E-state index in [9.17, 15) is 16.8 Å². The largest absolute Gasteiger partial charge is 0.268 e. The van der Waals surface area contributed by atoms with Crippen molar-refractivity contribution in [3.63, 3.8) is 0 Å². The summed E-state index contributed by atoms with van der Waals surface area (Å²) in [6.45, 7) is 14.4. The fraction of sp³-hybridized carbons (Fsp3) is 1.00. The van der Waals surface area contributed by atoms with Crippen LogP contribution in [0.4, 0.5) is 0 Å². The van der Waals surface area contributed by atoms with Crippen LogP contribution >= 0.6 is 0 Å². The average molecular weight is 359 g/mol. The van der Waals surface area contributed by atoms with Crippen molar-refractivity contribution in [3.8, 4) is 0 Å². The molecule has 134 valence electrons. The molecular weight excluding hydrogens is 328 g/mol. The molecule has 2 unspecified atom stereocenters. The lowest BCUT2D eigenvalue weighted by atomic mass is 9.91. The van der Waals surface area contributed by atoms with Gasteiger partial charge < -0.3 is 0 Å². The maximum atomic E-state index is 11.9. The summed E-state index contributed by atoms with van der Waals surface area (Å²) in [5.41, 5.74) is -0.716. The first-order valence-corrected chi connectivity index (χ1v) is 10.4. The van der Waals surface area contributed by atoms with Crippen LogP contribution < -0.4 is 0 Å². The van der Waals surface area contributed by atoms with E-state index in [2.05, 4.69) is 0 Å². The van der Waals surface area contributed by atoms with Crippen molar-refractivity contribution < 1.29 is 25.2 Å². The molecule has 0 amide bonds. The molecule has 0 aliphatic rings. The van der Waals surface area contributed by atoms with Crippen LogP contribution in [0.3, 0.4) is 0 Å². The monoisotopic (exact) mass is 358 g/mol. The van der Waals surface area contributed by atoms with E-state index in [1.54, 1.807) is 13.8 Å². The third-order valence-corrected chi connectivity index (χ3v) is 6.43. The minimum atomic E-state index is -3.93. The van der Waals surface area contributed by atoms with E-state index in [1.165, 1.54) is 0 Å². The highest BCUT2D eigenvalue weighted by Crippen LogP contribution is 2.25. The van der Waals surface area contributed by atoms with Crippen molar-refractivity contribution in [2.75, 3.05) is 11.5 Å². The van der Waals surface area contributed by atoms with E-state index in [0.717, 1.165) is 0 Å². The number of hydrogen-bond acceptors (Lipinski definition) is 6. The summed E-state index contributed by atoms with van der Waals surface area (Å²) in [5.74, 6) is -1.24. The smallest absolute Gasteiger partial charge is 0.266 e. The highest BCUT2D eigenvalue weighted by molar-refractivity contribution is 7.90. The Kier molecular flexibility index (Phi) is 7.09. The Morgan fingerprint density at radius 2 is 0.909 bits per heavy atom. The molecule has 0 saturated heterocycles. The summed E-state index contributed by atoms with van der Waals surface area (Å²) >= 11 is 0. The van der Waals surface area contributed by atoms with E-state index in [-0.39, 0.29) is 10.8 Å². The second kappa shape index (κ2) is 7.15. The maximum absolute atomic E-state index is 11.9. The zero-order valence-corrected chi connectivity index (χ0v) is 16.5. The van der Waals surface area contributed by atoms with Gasteiger partial charge in [-0.3, -0.25) is 8.37 Å². The van der Waals surface area contributed by atoms with Gasteiger partial charge in [-0.2, -0.15) is 16.8 Å². The van der Waals surface area contributed by atoms with Crippen LogP contribution in [-0.4, -0.2) is 40.5 Å². The van der Waals surface area contributed by atoms with E-state index >= 15 is 0 Å². The van der Waals surface area contributed by atoms with Crippen LogP contribution in [0.15, 0.2) is 0 Å². The Bertz CT molecular complexity index is 497. The molecular formula is C14H30O6S2. The Balaban J connectivity index is 4.72. The van der Waals surface area contributed by atoms with E-state index in [0.29, 0.717) is 0 Å². The van der Waals surface area contributed by atoms with Gasteiger partial charge in [0, 0.05) is 0 Å². The minimum Gasteiger partial charge on any atom is -0.266 e. The van der Waals surface area contributed by atoms with Crippen LogP contribution in [-0.2, 0) is 28.6 Å². The summed E-state index contributed by atoms with van der Waals surface area (Å²) < 4.78 is 57.5. The fourth-order valence-electron chi connectivity index (χ4n) is 1.03. The van der Waals surface area contributed by atoms with Crippen LogP contribution in [0.2, 0.25) is 0 Å². The minimum absolute atomic E-state index is 0.358. The maximum Gasteiger partial charge on any atom is 0.268 e. The second-order valence-corrected chi connectivity index (χ2v) is 11.2. The standard InChI is InChI=1S/C14H30O6S2/c1-11(13(3,4)5)19-21(15,16)9-10-22(17,18)20-12(2)14(6,7)8/h11-12H,9-10H2,1-8H3. The Morgan fingerprint density at radius 1 is 0.682 bits per heavy atom.